The van der Waals surface area contributed by atoms with Crippen LogP contribution in [0, 0.1) is 0 Å². The fourth-order valence-corrected chi connectivity index (χ4v) is 2.71. The Labute approximate surface area is 173 Å². The number of unbranched alkanes of at least 4 members (excludes halogenated alkanes) is 4. The van der Waals surface area contributed by atoms with E-state index in [4.69, 9.17) is 17.0 Å². The maximum atomic E-state index is 11.8. The highest BCUT2D eigenvalue weighted by Gasteiger charge is 2.07. The molecule has 3 N–H and O–H groups in total. The van der Waals surface area contributed by atoms with Crippen LogP contribution < -0.4 is 20.9 Å². The van der Waals surface area contributed by atoms with Gasteiger partial charge in [0.25, 0.3) is 5.91 Å². The van der Waals surface area contributed by atoms with Crippen LogP contribution in [0.1, 0.15) is 77.2 Å². The van der Waals surface area contributed by atoms with E-state index in [9.17, 15) is 9.59 Å². The van der Waals surface area contributed by atoms with E-state index in [1.807, 2.05) is 24.3 Å². The van der Waals surface area contributed by atoms with E-state index in [1.54, 1.807) is 0 Å². The number of nitrogens with one attached hydrogen (secondary N) is 3. The normalized spacial score (nSPS) is 11.4. The average Bonchev–Trinajstić information content (AvgIpc) is 2.70. The zero-order chi connectivity index (χ0) is 20.8. The van der Waals surface area contributed by atoms with E-state index in [-0.39, 0.29) is 23.5 Å². The zero-order valence-corrected chi connectivity index (χ0v) is 18.0. The SMILES string of the molecule is CCCCCCCC(=O)NC(=S)NNC(=O)COc1ccc([C@@H](C)CC)cc1. The van der Waals surface area contributed by atoms with Crippen molar-refractivity contribution in [3.8, 4) is 5.75 Å². The molecule has 1 aromatic carbocycles. The minimum absolute atomic E-state index is 0.0739. The Hall–Kier alpha value is -2.15. The summed E-state index contributed by atoms with van der Waals surface area (Å²) in [6.45, 7) is 6.32. The first-order chi connectivity index (χ1) is 13.5. The van der Waals surface area contributed by atoms with Gasteiger partial charge in [0.1, 0.15) is 5.75 Å². The molecular formula is C21H33N3O3S. The Morgan fingerprint density at radius 2 is 1.68 bits per heavy atom. The molecule has 0 bridgehead atoms. The summed E-state index contributed by atoms with van der Waals surface area (Å²) in [5, 5.41) is 2.62. The number of hydrogen-bond acceptors (Lipinski definition) is 4. The molecule has 0 fully saturated rings. The van der Waals surface area contributed by atoms with Gasteiger partial charge in [-0.1, -0.05) is 58.6 Å². The fourth-order valence-electron chi connectivity index (χ4n) is 2.55. The number of thiocarbonyl (C=S) groups is 1. The molecule has 0 heterocycles. The fraction of sp³-hybridized carbons (Fsp3) is 0.571. The summed E-state index contributed by atoms with van der Waals surface area (Å²) in [7, 11) is 0. The second kappa shape index (κ2) is 13.9. The Morgan fingerprint density at radius 1 is 1.00 bits per heavy atom. The highest BCUT2D eigenvalue weighted by Crippen LogP contribution is 2.21. The molecule has 2 amide bonds. The monoisotopic (exact) mass is 407 g/mol. The lowest BCUT2D eigenvalue weighted by Gasteiger charge is -2.12. The Kier molecular flexibility index (Phi) is 11.9. The molecule has 0 aromatic heterocycles. The van der Waals surface area contributed by atoms with Crippen LogP contribution in [0.25, 0.3) is 0 Å². The molecule has 0 aliphatic heterocycles. The number of ether oxygens (including phenoxy) is 1. The molecular weight excluding hydrogens is 374 g/mol. The van der Waals surface area contributed by atoms with Crippen molar-refractivity contribution >= 4 is 29.1 Å². The van der Waals surface area contributed by atoms with Gasteiger partial charge >= 0.3 is 0 Å². The average molecular weight is 408 g/mol. The largest absolute Gasteiger partial charge is 0.484 e. The predicted octanol–water partition coefficient (Wildman–Crippen LogP) is 3.96. The Balaban J connectivity index is 2.20. The molecule has 1 atom stereocenters. The summed E-state index contributed by atoms with van der Waals surface area (Å²) >= 11 is 5.00. The van der Waals surface area contributed by atoms with Gasteiger partial charge in [-0.15, -0.1) is 0 Å². The zero-order valence-electron chi connectivity index (χ0n) is 17.2. The van der Waals surface area contributed by atoms with E-state index in [0.29, 0.717) is 18.1 Å². The maximum Gasteiger partial charge on any atom is 0.276 e. The first-order valence-corrected chi connectivity index (χ1v) is 10.5. The van der Waals surface area contributed by atoms with Crippen molar-refractivity contribution in [2.45, 2.75) is 71.6 Å². The summed E-state index contributed by atoms with van der Waals surface area (Å²) in [5.41, 5.74) is 6.17. The van der Waals surface area contributed by atoms with Crippen molar-refractivity contribution in [2.75, 3.05) is 6.61 Å². The van der Waals surface area contributed by atoms with Crippen molar-refractivity contribution in [2.24, 2.45) is 0 Å². The number of amides is 2. The van der Waals surface area contributed by atoms with Gasteiger partial charge in [-0.05, 0) is 48.7 Å². The first-order valence-electron chi connectivity index (χ1n) is 10.1. The lowest BCUT2D eigenvalue weighted by atomic mass is 9.99. The molecule has 7 heteroatoms. The van der Waals surface area contributed by atoms with Gasteiger partial charge in [0.15, 0.2) is 11.7 Å². The number of benzene rings is 1. The minimum Gasteiger partial charge on any atom is -0.484 e. The van der Waals surface area contributed by atoms with Crippen LogP contribution >= 0.6 is 12.2 Å². The van der Waals surface area contributed by atoms with E-state index in [2.05, 4.69) is 36.9 Å². The van der Waals surface area contributed by atoms with E-state index < -0.39 is 0 Å². The van der Waals surface area contributed by atoms with Crippen LogP contribution in [0.3, 0.4) is 0 Å². The van der Waals surface area contributed by atoms with Gasteiger partial charge in [0.05, 0.1) is 0 Å². The van der Waals surface area contributed by atoms with Crippen molar-refractivity contribution in [1.29, 1.82) is 0 Å². The van der Waals surface area contributed by atoms with Gasteiger partial charge in [-0.2, -0.15) is 0 Å². The van der Waals surface area contributed by atoms with Gasteiger partial charge < -0.3 is 10.1 Å². The topological polar surface area (TPSA) is 79.5 Å². The van der Waals surface area contributed by atoms with Gasteiger partial charge in [-0.3, -0.25) is 20.4 Å². The summed E-state index contributed by atoms with van der Waals surface area (Å²) in [4.78, 5) is 23.6. The predicted molar refractivity (Wildman–Crippen MR) is 116 cm³/mol. The van der Waals surface area contributed by atoms with E-state index in [1.165, 1.54) is 18.4 Å². The van der Waals surface area contributed by atoms with Crippen LogP contribution in [0.4, 0.5) is 0 Å². The molecule has 0 spiro atoms. The van der Waals surface area contributed by atoms with Crippen molar-refractivity contribution in [3.05, 3.63) is 29.8 Å². The summed E-state index contributed by atoms with van der Waals surface area (Å²) in [6.07, 6.45) is 6.88. The number of carbonyl (C=O) groups excluding carboxylic acids is 2. The molecule has 1 aromatic rings. The minimum atomic E-state index is -0.387. The lowest BCUT2D eigenvalue weighted by molar-refractivity contribution is -0.124. The quantitative estimate of drug-likeness (QED) is 0.294. The van der Waals surface area contributed by atoms with Crippen LogP contribution in [0.5, 0.6) is 5.75 Å². The summed E-state index contributed by atoms with van der Waals surface area (Å²) < 4.78 is 5.45. The standard InChI is InChI=1S/C21H33N3O3S/c1-4-6-7-8-9-10-19(25)22-21(28)24-23-20(26)15-27-18-13-11-17(12-14-18)16(3)5-2/h11-14,16H,4-10,15H2,1-3H3,(H,23,26)(H2,22,24,25,28)/t16-/m0/s1. The third-order valence-electron chi connectivity index (χ3n) is 4.51. The number of rotatable bonds is 11. The van der Waals surface area contributed by atoms with Crippen molar-refractivity contribution < 1.29 is 14.3 Å². The van der Waals surface area contributed by atoms with Crippen molar-refractivity contribution in [1.82, 2.24) is 16.2 Å². The molecule has 0 unspecified atom stereocenters. The molecule has 28 heavy (non-hydrogen) atoms. The van der Waals surface area contributed by atoms with Crippen LogP contribution in [-0.4, -0.2) is 23.5 Å². The third kappa shape index (κ3) is 10.3. The number of hydrazine groups is 1. The van der Waals surface area contributed by atoms with Gasteiger partial charge in [-0.25, -0.2) is 0 Å². The molecule has 0 aliphatic carbocycles. The smallest absolute Gasteiger partial charge is 0.276 e. The first kappa shape index (κ1) is 23.9. The summed E-state index contributed by atoms with van der Waals surface area (Å²) in [6, 6.07) is 7.72. The second-order valence-electron chi connectivity index (χ2n) is 6.88. The number of carbonyl (C=O) groups is 2. The molecule has 0 aliphatic rings. The van der Waals surface area contributed by atoms with Crippen LogP contribution in [0.15, 0.2) is 24.3 Å². The van der Waals surface area contributed by atoms with Gasteiger partial charge in [0, 0.05) is 6.42 Å². The van der Waals surface area contributed by atoms with E-state index in [0.717, 1.165) is 25.7 Å². The molecule has 156 valence electrons. The Morgan fingerprint density at radius 3 is 2.32 bits per heavy atom. The second-order valence-corrected chi connectivity index (χ2v) is 7.29. The Bertz CT molecular complexity index is 620. The lowest BCUT2D eigenvalue weighted by Crippen LogP contribution is -2.49. The number of hydrogen-bond donors (Lipinski definition) is 3. The molecule has 0 saturated heterocycles. The van der Waals surface area contributed by atoms with Crippen LogP contribution in [0.2, 0.25) is 0 Å². The maximum absolute atomic E-state index is 11.8. The molecule has 0 saturated carbocycles. The van der Waals surface area contributed by atoms with Gasteiger partial charge in [0.2, 0.25) is 5.91 Å². The highest BCUT2D eigenvalue weighted by atomic mass is 32.1. The third-order valence-corrected chi connectivity index (χ3v) is 4.71. The molecule has 6 nitrogen and oxygen atoms in total. The van der Waals surface area contributed by atoms with Crippen molar-refractivity contribution in [3.63, 3.8) is 0 Å². The van der Waals surface area contributed by atoms with E-state index >= 15 is 0 Å². The summed E-state index contributed by atoms with van der Waals surface area (Å²) in [5.74, 6) is 0.582. The molecule has 1 rings (SSSR count). The molecule has 0 radical (unpaired) electrons. The van der Waals surface area contributed by atoms with Crippen LogP contribution in [-0.2, 0) is 9.59 Å². The highest BCUT2D eigenvalue weighted by molar-refractivity contribution is 7.80.